The zero-order valence-corrected chi connectivity index (χ0v) is 15.4. The lowest BCUT2D eigenvalue weighted by Crippen LogP contribution is -2.30. The van der Waals surface area contributed by atoms with Gasteiger partial charge < -0.3 is 24.3 Å². The van der Waals surface area contributed by atoms with Gasteiger partial charge in [-0.25, -0.2) is 0 Å². The van der Waals surface area contributed by atoms with Crippen LogP contribution in [0.15, 0.2) is 36.4 Å². The van der Waals surface area contributed by atoms with E-state index in [2.05, 4.69) is 5.32 Å². The first-order valence-electron chi connectivity index (χ1n) is 8.54. The number of carbonyl (C=O) groups is 2. The van der Waals surface area contributed by atoms with Crippen LogP contribution in [-0.2, 0) is 4.79 Å². The van der Waals surface area contributed by atoms with Gasteiger partial charge in [-0.1, -0.05) is 0 Å². The highest BCUT2D eigenvalue weighted by Crippen LogP contribution is 2.33. The number of hydrogen-bond donors (Lipinski definition) is 1. The van der Waals surface area contributed by atoms with E-state index < -0.39 is 6.10 Å². The largest absolute Gasteiger partial charge is 0.493 e. The summed E-state index contributed by atoms with van der Waals surface area (Å²) in [6, 6.07) is 10.0. The number of amides is 1. The van der Waals surface area contributed by atoms with Crippen LogP contribution < -0.4 is 24.3 Å². The van der Waals surface area contributed by atoms with E-state index in [1.54, 1.807) is 43.3 Å². The second-order valence-electron chi connectivity index (χ2n) is 6.03. The molecule has 2 aromatic rings. The minimum atomic E-state index is -0.782. The summed E-state index contributed by atoms with van der Waals surface area (Å²) in [6.45, 7) is 4.08. The molecule has 0 aromatic heterocycles. The van der Waals surface area contributed by atoms with Gasteiger partial charge in [0.1, 0.15) is 13.2 Å². The Hall–Kier alpha value is -3.22. The number of Topliss-reactive ketones (excluding diaryl/α,β-unsaturated/α-hetero) is 1. The predicted molar refractivity (Wildman–Crippen MR) is 99.2 cm³/mol. The van der Waals surface area contributed by atoms with Gasteiger partial charge in [0.05, 0.1) is 7.11 Å². The molecule has 0 unspecified atom stereocenters. The predicted octanol–water partition coefficient (Wildman–Crippen LogP) is 3.08. The van der Waals surface area contributed by atoms with E-state index >= 15 is 0 Å². The molecule has 1 amide bonds. The summed E-state index contributed by atoms with van der Waals surface area (Å²) < 4.78 is 21.9. The van der Waals surface area contributed by atoms with Crippen molar-refractivity contribution in [2.75, 3.05) is 25.6 Å². The van der Waals surface area contributed by atoms with Crippen molar-refractivity contribution in [2.45, 2.75) is 20.0 Å². The van der Waals surface area contributed by atoms with Gasteiger partial charge in [0.2, 0.25) is 0 Å². The van der Waals surface area contributed by atoms with Gasteiger partial charge in [-0.2, -0.15) is 0 Å². The molecule has 1 heterocycles. The van der Waals surface area contributed by atoms with Gasteiger partial charge in [-0.05, 0) is 44.2 Å². The molecule has 3 rings (SSSR count). The summed E-state index contributed by atoms with van der Waals surface area (Å²) in [5.74, 6) is 1.61. The second-order valence-corrected chi connectivity index (χ2v) is 6.03. The minimum absolute atomic E-state index is 0.0794. The Morgan fingerprint density at radius 1 is 1.04 bits per heavy atom. The van der Waals surface area contributed by atoms with Crippen molar-refractivity contribution in [2.24, 2.45) is 0 Å². The first-order valence-corrected chi connectivity index (χ1v) is 8.54. The third kappa shape index (κ3) is 4.31. The maximum absolute atomic E-state index is 12.5. The first-order chi connectivity index (χ1) is 13.0. The molecular formula is C20H21NO6. The maximum atomic E-state index is 12.5. The van der Waals surface area contributed by atoms with Crippen LogP contribution in [0.2, 0.25) is 0 Å². The Kier molecular flexibility index (Phi) is 5.49. The minimum Gasteiger partial charge on any atom is -0.493 e. The number of benzene rings is 2. The Labute approximate surface area is 157 Å². The van der Waals surface area contributed by atoms with Crippen molar-refractivity contribution in [1.29, 1.82) is 0 Å². The molecule has 1 aliphatic rings. The molecule has 1 atom stereocenters. The van der Waals surface area contributed by atoms with Gasteiger partial charge in [-0.15, -0.1) is 0 Å². The van der Waals surface area contributed by atoms with E-state index in [0.717, 1.165) is 0 Å². The molecule has 142 valence electrons. The number of anilines is 1. The van der Waals surface area contributed by atoms with Crippen LogP contribution in [0.1, 0.15) is 24.2 Å². The number of ketones is 1. The van der Waals surface area contributed by atoms with Crippen molar-refractivity contribution in [3.05, 3.63) is 42.0 Å². The van der Waals surface area contributed by atoms with Crippen molar-refractivity contribution >= 4 is 17.4 Å². The van der Waals surface area contributed by atoms with E-state index in [1.807, 2.05) is 0 Å². The van der Waals surface area contributed by atoms with Crippen LogP contribution >= 0.6 is 0 Å². The standard InChI is InChI=1S/C20H21NO6/c1-12(22)14-4-6-17(18(10-14)24-3)27-13(2)20(23)21-15-5-7-16-19(11-15)26-9-8-25-16/h4-7,10-11,13H,8-9H2,1-3H3,(H,21,23)/t13-/m1/s1. The number of nitrogens with one attached hydrogen (secondary N) is 1. The number of methoxy groups -OCH3 is 1. The van der Waals surface area contributed by atoms with E-state index in [0.29, 0.717) is 47.5 Å². The molecule has 0 aliphatic carbocycles. The lowest BCUT2D eigenvalue weighted by Gasteiger charge is -2.20. The van der Waals surface area contributed by atoms with Gasteiger partial charge >= 0.3 is 0 Å². The SMILES string of the molecule is COc1cc(C(C)=O)ccc1O[C@H](C)C(=O)Nc1ccc2c(c1)OCCO2. The molecule has 1 N–H and O–H groups in total. The first kappa shape index (κ1) is 18.6. The number of carbonyl (C=O) groups excluding carboxylic acids is 2. The molecule has 0 fully saturated rings. The molecule has 27 heavy (non-hydrogen) atoms. The number of ether oxygens (including phenoxy) is 4. The normalized spacial score (nSPS) is 13.4. The summed E-state index contributed by atoms with van der Waals surface area (Å²) >= 11 is 0. The van der Waals surface area contributed by atoms with E-state index in [-0.39, 0.29) is 11.7 Å². The lowest BCUT2D eigenvalue weighted by molar-refractivity contribution is -0.122. The fourth-order valence-corrected chi connectivity index (χ4v) is 2.59. The average Bonchev–Trinajstić information content (AvgIpc) is 2.67. The third-order valence-corrected chi connectivity index (χ3v) is 4.05. The van der Waals surface area contributed by atoms with Crippen molar-refractivity contribution in [1.82, 2.24) is 0 Å². The third-order valence-electron chi connectivity index (χ3n) is 4.05. The molecule has 0 bridgehead atoms. The van der Waals surface area contributed by atoms with Gasteiger partial charge in [0.25, 0.3) is 5.91 Å². The van der Waals surface area contributed by atoms with Gasteiger partial charge in [-0.3, -0.25) is 9.59 Å². The van der Waals surface area contributed by atoms with E-state index in [4.69, 9.17) is 18.9 Å². The molecule has 0 spiro atoms. The number of fused-ring (bicyclic) bond motifs is 1. The molecule has 7 heteroatoms. The van der Waals surface area contributed by atoms with Crippen LogP contribution in [0.4, 0.5) is 5.69 Å². The number of rotatable bonds is 6. The molecule has 7 nitrogen and oxygen atoms in total. The fraction of sp³-hybridized carbons (Fsp3) is 0.300. The van der Waals surface area contributed by atoms with Crippen molar-refractivity contribution in [3.63, 3.8) is 0 Å². The monoisotopic (exact) mass is 371 g/mol. The van der Waals surface area contributed by atoms with Gasteiger partial charge in [0.15, 0.2) is 34.9 Å². The Bertz CT molecular complexity index is 864. The highest BCUT2D eigenvalue weighted by atomic mass is 16.6. The van der Waals surface area contributed by atoms with E-state index in [9.17, 15) is 9.59 Å². The van der Waals surface area contributed by atoms with Crippen LogP contribution in [0.5, 0.6) is 23.0 Å². The van der Waals surface area contributed by atoms with Crippen LogP contribution in [0.25, 0.3) is 0 Å². The van der Waals surface area contributed by atoms with Crippen LogP contribution in [0.3, 0.4) is 0 Å². The Morgan fingerprint density at radius 3 is 2.48 bits per heavy atom. The maximum Gasteiger partial charge on any atom is 0.265 e. The summed E-state index contributed by atoms with van der Waals surface area (Å²) in [7, 11) is 1.48. The van der Waals surface area contributed by atoms with Crippen molar-refractivity contribution < 1.29 is 28.5 Å². The summed E-state index contributed by atoms with van der Waals surface area (Å²) in [5.41, 5.74) is 1.09. The van der Waals surface area contributed by atoms with Gasteiger partial charge in [0, 0.05) is 17.3 Å². The zero-order valence-electron chi connectivity index (χ0n) is 15.4. The highest BCUT2D eigenvalue weighted by Gasteiger charge is 2.19. The summed E-state index contributed by atoms with van der Waals surface area (Å²) in [5, 5.41) is 2.78. The second kappa shape index (κ2) is 7.99. The molecule has 0 radical (unpaired) electrons. The molecule has 2 aromatic carbocycles. The highest BCUT2D eigenvalue weighted by molar-refractivity contribution is 5.95. The summed E-state index contributed by atoms with van der Waals surface area (Å²) in [4.78, 5) is 23.9. The Morgan fingerprint density at radius 2 is 1.78 bits per heavy atom. The van der Waals surface area contributed by atoms with Crippen LogP contribution in [0, 0.1) is 0 Å². The molecule has 0 saturated carbocycles. The molecule has 1 aliphatic heterocycles. The topological polar surface area (TPSA) is 83.1 Å². The molecular weight excluding hydrogens is 350 g/mol. The Balaban J connectivity index is 1.68. The molecule has 0 saturated heterocycles. The zero-order chi connectivity index (χ0) is 19.4. The number of hydrogen-bond acceptors (Lipinski definition) is 6. The lowest BCUT2D eigenvalue weighted by atomic mass is 10.1. The van der Waals surface area contributed by atoms with Crippen LogP contribution in [-0.4, -0.2) is 38.1 Å². The van der Waals surface area contributed by atoms with Crippen molar-refractivity contribution in [3.8, 4) is 23.0 Å². The average molecular weight is 371 g/mol. The fourth-order valence-electron chi connectivity index (χ4n) is 2.59. The smallest absolute Gasteiger partial charge is 0.265 e. The van der Waals surface area contributed by atoms with E-state index in [1.165, 1.54) is 14.0 Å². The summed E-state index contributed by atoms with van der Waals surface area (Å²) in [6.07, 6.45) is -0.782. The quantitative estimate of drug-likeness (QED) is 0.786.